The minimum Gasteiger partial charge on any atom is -0.390 e. The fourth-order valence-corrected chi connectivity index (χ4v) is 7.93. The molecule has 0 aromatic rings. The lowest BCUT2D eigenvalue weighted by Crippen LogP contribution is -2.54. The van der Waals surface area contributed by atoms with Gasteiger partial charge in [0.15, 0.2) is 0 Å². The van der Waals surface area contributed by atoms with Gasteiger partial charge < -0.3 is 5.11 Å². The molecule has 21 heavy (non-hydrogen) atoms. The molecule has 1 nitrogen and oxygen atoms in total. The van der Waals surface area contributed by atoms with E-state index in [0.717, 1.165) is 24.2 Å². The maximum absolute atomic E-state index is 10.9. The highest BCUT2D eigenvalue weighted by atomic mass is 16.3. The zero-order valence-electron chi connectivity index (χ0n) is 14.7. The lowest BCUT2D eigenvalue weighted by molar-refractivity contribution is -0.135. The van der Waals surface area contributed by atoms with E-state index < -0.39 is 0 Å². The van der Waals surface area contributed by atoms with Gasteiger partial charge in [0.1, 0.15) is 0 Å². The molecule has 4 fully saturated rings. The highest BCUT2D eigenvalue weighted by Gasteiger charge is 2.78. The third-order valence-electron chi connectivity index (χ3n) is 9.11. The molecule has 0 unspecified atom stereocenters. The van der Waals surface area contributed by atoms with Crippen LogP contribution in [0.4, 0.5) is 0 Å². The van der Waals surface area contributed by atoms with Gasteiger partial charge >= 0.3 is 0 Å². The molecule has 0 heterocycles. The van der Waals surface area contributed by atoms with Crippen molar-refractivity contribution in [1.29, 1.82) is 0 Å². The van der Waals surface area contributed by atoms with E-state index in [4.69, 9.17) is 0 Å². The minimum atomic E-state index is -0.381. The molecule has 1 N–H and O–H groups in total. The largest absolute Gasteiger partial charge is 0.390 e. The molecular weight excluding hydrogens is 256 g/mol. The second kappa shape index (κ2) is 3.89. The van der Waals surface area contributed by atoms with Gasteiger partial charge in [0.05, 0.1) is 5.60 Å². The number of hydrogen-bond donors (Lipinski definition) is 1. The summed E-state index contributed by atoms with van der Waals surface area (Å²) in [5, 5.41) is 10.9. The summed E-state index contributed by atoms with van der Waals surface area (Å²) in [7, 11) is 0. The van der Waals surface area contributed by atoms with Gasteiger partial charge in [-0.3, -0.25) is 0 Å². The molecule has 4 rings (SSSR count). The molecule has 0 saturated heterocycles. The van der Waals surface area contributed by atoms with E-state index in [1.54, 1.807) is 0 Å². The quantitative estimate of drug-likeness (QED) is 0.718. The Morgan fingerprint density at radius 2 is 1.57 bits per heavy atom. The summed E-state index contributed by atoms with van der Waals surface area (Å²) in [6.07, 6.45) is 9.33. The van der Waals surface area contributed by atoms with Crippen LogP contribution >= 0.6 is 0 Å². The molecule has 4 saturated carbocycles. The topological polar surface area (TPSA) is 20.2 Å². The predicted molar refractivity (Wildman–Crippen MR) is 86.9 cm³/mol. The van der Waals surface area contributed by atoms with Gasteiger partial charge in [-0.05, 0) is 91.8 Å². The van der Waals surface area contributed by atoms with Crippen LogP contribution in [0.25, 0.3) is 0 Å². The van der Waals surface area contributed by atoms with Crippen LogP contribution in [-0.2, 0) is 0 Å². The average molecular weight is 290 g/mol. The molecule has 7 atom stereocenters. The van der Waals surface area contributed by atoms with Gasteiger partial charge in [-0.2, -0.15) is 0 Å². The van der Waals surface area contributed by atoms with E-state index in [-0.39, 0.29) is 5.60 Å². The van der Waals surface area contributed by atoms with Crippen molar-refractivity contribution >= 4 is 0 Å². The standard InChI is InChI=1S/C20H34O/c1-13(2)14-6-7-15-18(14,4)10-8-17(3)9-11-19(5,21)16-12-20(15,16)17/h13-16,21H,6-12H2,1-5H3/t14-,15-,16+,17+,18-,19+,20-/m1/s1. The number of hydrogen-bond acceptors (Lipinski definition) is 1. The van der Waals surface area contributed by atoms with E-state index >= 15 is 0 Å². The molecule has 0 aromatic heterocycles. The summed E-state index contributed by atoms with van der Waals surface area (Å²) in [5.41, 5.74) is 1.19. The van der Waals surface area contributed by atoms with Crippen LogP contribution in [0.1, 0.15) is 79.6 Å². The van der Waals surface area contributed by atoms with Crippen molar-refractivity contribution in [2.24, 2.45) is 39.9 Å². The predicted octanol–water partition coefficient (Wildman–Crippen LogP) is 5.03. The van der Waals surface area contributed by atoms with E-state index in [2.05, 4.69) is 34.6 Å². The fourth-order valence-electron chi connectivity index (χ4n) is 7.93. The maximum Gasteiger partial charge on any atom is 0.0653 e. The number of aliphatic hydroxyl groups is 1. The molecule has 0 radical (unpaired) electrons. The van der Waals surface area contributed by atoms with Gasteiger partial charge in [-0.1, -0.05) is 27.7 Å². The van der Waals surface area contributed by atoms with E-state index in [0.29, 0.717) is 22.2 Å². The van der Waals surface area contributed by atoms with E-state index in [9.17, 15) is 5.11 Å². The maximum atomic E-state index is 10.9. The Bertz CT molecular complexity index is 466. The summed E-state index contributed by atoms with van der Waals surface area (Å²) < 4.78 is 0. The van der Waals surface area contributed by atoms with Crippen molar-refractivity contribution < 1.29 is 5.11 Å². The van der Waals surface area contributed by atoms with Crippen LogP contribution in [0.5, 0.6) is 0 Å². The first-order chi connectivity index (χ1) is 9.67. The monoisotopic (exact) mass is 290 g/mol. The smallest absolute Gasteiger partial charge is 0.0653 e. The number of rotatable bonds is 1. The zero-order chi connectivity index (χ0) is 15.3. The van der Waals surface area contributed by atoms with Crippen molar-refractivity contribution in [3.8, 4) is 0 Å². The molecule has 0 aliphatic heterocycles. The van der Waals surface area contributed by atoms with Gasteiger partial charge in [0, 0.05) is 0 Å². The Hall–Kier alpha value is -0.0400. The molecule has 0 aromatic carbocycles. The Balaban J connectivity index is 1.75. The Labute approximate surface area is 130 Å². The molecule has 1 heteroatoms. The van der Waals surface area contributed by atoms with Gasteiger partial charge in [0.2, 0.25) is 0 Å². The second-order valence-electron chi connectivity index (χ2n) is 10.2. The highest BCUT2D eigenvalue weighted by Crippen LogP contribution is 2.83. The first-order valence-corrected chi connectivity index (χ1v) is 9.40. The third kappa shape index (κ3) is 1.53. The summed E-state index contributed by atoms with van der Waals surface area (Å²) in [6, 6.07) is 0. The van der Waals surface area contributed by atoms with Crippen molar-refractivity contribution in [3.63, 3.8) is 0 Å². The summed E-state index contributed by atoms with van der Waals surface area (Å²) in [4.78, 5) is 0. The van der Waals surface area contributed by atoms with Crippen LogP contribution < -0.4 is 0 Å². The van der Waals surface area contributed by atoms with E-state index in [1.165, 1.54) is 38.5 Å². The van der Waals surface area contributed by atoms with E-state index in [1.807, 2.05) is 0 Å². The Morgan fingerprint density at radius 3 is 2.24 bits per heavy atom. The Morgan fingerprint density at radius 1 is 0.905 bits per heavy atom. The molecule has 4 aliphatic carbocycles. The molecule has 4 aliphatic rings. The first kappa shape index (κ1) is 14.5. The highest BCUT2D eigenvalue weighted by molar-refractivity contribution is 5.27. The van der Waals surface area contributed by atoms with Crippen LogP contribution in [0, 0.1) is 39.9 Å². The Kier molecular flexibility index (Phi) is 2.69. The summed E-state index contributed by atoms with van der Waals surface area (Å²) in [6.45, 7) is 12.2. The van der Waals surface area contributed by atoms with Crippen LogP contribution in [0.3, 0.4) is 0 Å². The number of fused-ring (bicyclic) bond motifs is 1. The van der Waals surface area contributed by atoms with Crippen molar-refractivity contribution in [2.45, 2.75) is 85.2 Å². The van der Waals surface area contributed by atoms with Gasteiger partial charge in [0.25, 0.3) is 0 Å². The average Bonchev–Trinajstić information content (AvgIpc) is 3.06. The fraction of sp³-hybridized carbons (Fsp3) is 1.00. The minimum absolute atomic E-state index is 0.381. The molecule has 0 bridgehead atoms. The van der Waals surface area contributed by atoms with Crippen molar-refractivity contribution in [3.05, 3.63) is 0 Å². The molecule has 1 spiro atoms. The van der Waals surface area contributed by atoms with Gasteiger partial charge in [-0.25, -0.2) is 0 Å². The summed E-state index contributed by atoms with van der Waals surface area (Å²) >= 11 is 0. The van der Waals surface area contributed by atoms with Crippen LogP contribution in [0.15, 0.2) is 0 Å². The normalized spacial score (nSPS) is 62.1. The van der Waals surface area contributed by atoms with Crippen molar-refractivity contribution in [1.82, 2.24) is 0 Å². The van der Waals surface area contributed by atoms with Crippen LogP contribution in [-0.4, -0.2) is 10.7 Å². The molecule has 0 amide bonds. The SMILES string of the molecule is CC(C)[C@H]1CC[C@@H]2[C@]1(C)CC[C@@]1(C)CC[C@](C)(O)[C@@H]3C[C@@]231. The lowest BCUT2D eigenvalue weighted by atomic mass is 9.46. The third-order valence-corrected chi connectivity index (χ3v) is 9.11. The van der Waals surface area contributed by atoms with Gasteiger partial charge in [-0.15, -0.1) is 0 Å². The van der Waals surface area contributed by atoms with Crippen molar-refractivity contribution in [2.75, 3.05) is 0 Å². The first-order valence-electron chi connectivity index (χ1n) is 9.40. The molecular formula is C20H34O. The molecule has 120 valence electrons. The summed E-state index contributed by atoms with van der Waals surface area (Å²) in [5.74, 6) is 3.21. The zero-order valence-corrected chi connectivity index (χ0v) is 14.7. The lowest BCUT2D eigenvalue weighted by Gasteiger charge is -2.59. The van der Waals surface area contributed by atoms with Crippen LogP contribution in [0.2, 0.25) is 0 Å². The second-order valence-corrected chi connectivity index (χ2v) is 10.2.